The summed E-state index contributed by atoms with van der Waals surface area (Å²) >= 11 is 6.55. The third kappa shape index (κ3) is 2.66. The highest BCUT2D eigenvalue weighted by atomic mass is 35.5. The van der Waals surface area contributed by atoms with Crippen LogP contribution in [0.2, 0.25) is 5.15 Å². The molecule has 0 bridgehead atoms. The standard InChI is InChI=1S/C17H16ClN5/c1-3-4-7-13-11(2)14(9-19)17-21-16(22-23(17)15(13)18)12-6-5-8-20-10-12/h5-6,8,10H,3-4,7H2,1-2H3. The van der Waals surface area contributed by atoms with Crippen LogP contribution < -0.4 is 0 Å². The Hall–Kier alpha value is -2.45. The lowest BCUT2D eigenvalue weighted by atomic mass is 10.0. The monoisotopic (exact) mass is 325 g/mol. The molecule has 0 unspecified atom stereocenters. The molecular weight excluding hydrogens is 310 g/mol. The molecule has 116 valence electrons. The highest BCUT2D eigenvalue weighted by Gasteiger charge is 2.19. The molecule has 3 heterocycles. The SMILES string of the molecule is CCCCc1c(C)c(C#N)c2nc(-c3cccnc3)nn2c1Cl. The van der Waals surface area contributed by atoms with Crippen LogP contribution in [0.25, 0.3) is 17.0 Å². The Morgan fingerprint density at radius 2 is 2.22 bits per heavy atom. The Morgan fingerprint density at radius 3 is 2.87 bits per heavy atom. The van der Waals surface area contributed by atoms with Gasteiger partial charge in [-0.3, -0.25) is 4.98 Å². The molecule has 3 aromatic rings. The lowest BCUT2D eigenvalue weighted by molar-refractivity contribution is 0.781. The van der Waals surface area contributed by atoms with Crippen LogP contribution in [0.4, 0.5) is 0 Å². The van der Waals surface area contributed by atoms with Crippen LogP contribution in [0.5, 0.6) is 0 Å². The van der Waals surface area contributed by atoms with Crippen molar-refractivity contribution in [2.24, 2.45) is 0 Å². The van der Waals surface area contributed by atoms with Gasteiger partial charge in [-0.15, -0.1) is 5.10 Å². The fourth-order valence-electron chi connectivity index (χ4n) is 2.61. The first-order valence-corrected chi connectivity index (χ1v) is 7.93. The van der Waals surface area contributed by atoms with E-state index in [-0.39, 0.29) is 0 Å². The van der Waals surface area contributed by atoms with E-state index in [0.717, 1.165) is 36.0 Å². The predicted molar refractivity (Wildman–Crippen MR) is 89.3 cm³/mol. The molecule has 0 fully saturated rings. The van der Waals surface area contributed by atoms with E-state index in [9.17, 15) is 5.26 Å². The molecular formula is C17H16ClN5. The van der Waals surface area contributed by atoms with E-state index in [1.165, 1.54) is 0 Å². The zero-order chi connectivity index (χ0) is 16.4. The molecule has 0 aliphatic carbocycles. The van der Waals surface area contributed by atoms with Crippen molar-refractivity contribution in [3.63, 3.8) is 0 Å². The van der Waals surface area contributed by atoms with Crippen molar-refractivity contribution in [3.8, 4) is 17.5 Å². The highest BCUT2D eigenvalue weighted by Crippen LogP contribution is 2.29. The number of fused-ring (bicyclic) bond motifs is 1. The summed E-state index contributed by atoms with van der Waals surface area (Å²) in [4.78, 5) is 8.59. The Kier molecular flexibility index (Phi) is 4.26. The number of hydrogen-bond acceptors (Lipinski definition) is 4. The molecule has 0 aromatic carbocycles. The molecule has 0 amide bonds. The van der Waals surface area contributed by atoms with Gasteiger partial charge in [0.15, 0.2) is 11.5 Å². The molecule has 3 aromatic heterocycles. The van der Waals surface area contributed by atoms with Crippen molar-refractivity contribution in [2.45, 2.75) is 33.1 Å². The van der Waals surface area contributed by atoms with E-state index in [2.05, 4.69) is 28.1 Å². The van der Waals surface area contributed by atoms with Crippen molar-refractivity contribution < 1.29 is 0 Å². The predicted octanol–water partition coefficient (Wildman–Crippen LogP) is 3.97. The number of nitrogens with zero attached hydrogens (tertiary/aromatic N) is 5. The lowest BCUT2D eigenvalue weighted by Gasteiger charge is -2.11. The maximum atomic E-state index is 9.55. The van der Waals surface area contributed by atoms with Gasteiger partial charge >= 0.3 is 0 Å². The van der Waals surface area contributed by atoms with Crippen molar-refractivity contribution in [3.05, 3.63) is 46.4 Å². The molecule has 0 N–H and O–H groups in total. The van der Waals surface area contributed by atoms with Crippen LogP contribution in [-0.2, 0) is 6.42 Å². The van der Waals surface area contributed by atoms with E-state index >= 15 is 0 Å². The minimum atomic E-state index is 0.495. The summed E-state index contributed by atoms with van der Waals surface area (Å²) in [5.74, 6) is 0.517. The first-order chi connectivity index (χ1) is 11.2. The van der Waals surface area contributed by atoms with Gasteiger partial charge in [0.05, 0.1) is 0 Å². The topological polar surface area (TPSA) is 66.9 Å². The molecule has 3 rings (SSSR count). The minimum Gasteiger partial charge on any atom is -0.264 e. The molecule has 6 heteroatoms. The average molecular weight is 326 g/mol. The van der Waals surface area contributed by atoms with E-state index < -0.39 is 0 Å². The average Bonchev–Trinajstić information content (AvgIpc) is 3.01. The molecule has 0 atom stereocenters. The molecule has 5 nitrogen and oxygen atoms in total. The van der Waals surface area contributed by atoms with Crippen molar-refractivity contribution in [2.75, 3.05) is 0 Å². The van der Waals surface area contributed by atoms with Crippen LogP contribution in [-0.4, -0.2) is 19.6 Å². The van der Waals surface area contributed by atoms with Gasteiger partial charge in [-0.05, 0) is 43.0 Å². The highest BCUT2D eigenvalue weighted by molar-refractivity contribution is 6.30. The van der Waals surface area contributed by atoms with Gasteiger partial charge in [0.1, 0.15) is 16.8 Å². The Labute approximate surface area is 139 Å². The van der Waals surface area contributed by atoms with E-state index in [4.69, 9.17) is 11.6 Å². The van der Waals surface area contributed by atoms with Crippen LogP contribution in [0.15, 0.2) is 24.5 Å². The number of aromatic nitrogens is 4. The van der Waals surface area contributed by atoms with Gasteiger partial charge in [0.25, 0.3) is 0 Å². The number of pyridine rings is 2. The summed E-state index contributed by atoms with van der Waals surface area (Å²) in [6.07, 6.45) is 6.29. The normalized spacial score (nSPS) is 10.9. The smallest absolute Gasteiger partial charge is 0.183 e. The first-order valence-electron chi connectivity index (χ1n) is 7.55. The van der Waals surface area contributed by atoms with Crippen LogP contribution in [0, 0.1) is 18.3 Å². The van der Waals surface area contributed by atoms with Gasteiger partial charge in [-0.2, -0.15) is 5.26 Å². The van der Waals surface area contributed by atoms with Crippen molar-refractivity contribution >= 4 is 17.2 Å². The van der Waals surface area contributed by atoms with Crippen LogP contribution in [0.1, 0.15) is 36.5 Å². The Bertz CT molecular complexity index is 893. The summed E-state index contributed by atoms with van der Waals surface area (Å²) in [5, 5.41) is 14.6. The summed E-state index contributed by atoms with van der Waals surface area (Å²) in [7, 11) is 0. The molecule has 23 heavy (non-hydrogen) atoms. The second-order valence-corrected chi connectivity index (χ2v) is 5.76. The van der Waals surface area contributed by atoms with Crippen molar-refractivity contribution in [1.29, 1.82) is 5.26 Å². The quantitative estimate of drug-likeness (QED) is 0.681. The van der Waals surface area contributed by atoms with Crippen LogP contribution >= 0.6 is 11.6 Å². The number of unbranched alkanes of at least 4 members (excludes halogenated alkanes) is 1. The summed E-state index contributed by atoms with van der Waals surface area (Å²) in [6, 6.07) is 5.96. The van der Waals surface area contributed by atoms with Crippen molar-refractivity contribution in [1.82, 2.24) is 19.6 Å². The van der Waals surface area contributed by atoms with Gasteiger partial charge in [0.2, 0.25) is 0 Å². The Balaban J connectivity index is 2.25. The summed E-state index contributed by atoms with van der Waals surface area (Å²) in [6.45, 7) is 4.05. The first kappa shape index (κ1) is 15.4. The van der Waals surface area contributed by atoms with Crippen LogP contribution in [0.3, 0.4) is 0 Å². The van der Waals surface area contributed by atoms with E-state index in [1.807, 2.05) is 19.1 Å². The third-order valence-electron chi connectivity index (χ3n) is 3.91. The van der Waals surface area contributed by atoms with Gasteiger partial charge in [-0.1, -0.05) is 24.9 Å². The largest absolute Gasteiger partial charge is 0.264 e. The fourth-order valence-corrected chi connectivity index (χ4v) is 2.96. The lowest BCUT2D eigenvalue weighted by Crippen LogP contribution is -2.03. The second kappa shape index (κ2) is 6.35. The van der Waals surface area contributed by atoms with Gasteiger partial charge < -0.3 is 0 Å². The molecule has 0 saturated carbocycles. The van der Waals surface area contributed by atoms with Gasteiger partial charge in [-0.25, -0.2) is 9.50 Å². The molecule has 0 spiro atoms. The van der Waals surface area contributed by atoms with Gasteiger partial charge in [0, 0.05) is 18.0 Å². The number of nitriles is 1. The summed E-state index contributed by atoms with van der Waals surface area (Å²) in [5.41, 5.74) is 3.69. The third-order valence-corrected chi connectivity index (χ3v) is 4.29. The maximum Gasteiger partial charge on any atom is 0.183 e. The molecule has 0 aliphatic rings. The number of hydrogen-bond donors (Lipinski definition) is 0. The van der Waals surface area contributed by atoms with E-state index in [1.54, 1.807) is 16.9 Å². The number of rotatable bonds is 4. The number of halogens is 1. The summed E-state index contributed by atoms with van der Waals surface area (Å²) < 4.78 is 1.57. The Morgan fingerprint density at radius 1 is 1.39 bits per heavy atom. The molecule has 0 aliphatic heterocycles. The molecule has 0 radical (unpaired) electrons. The zero-order valence-corrected chi connectivity index (χ0v) is 13.8. The maximum absolute atomic E-state index is 9.55. The fraction of sp³-hybridized carbons (Fsp3) is 0.294. The second-order valence-electron chi connectivity index (χ2n) is 5.40. The zero-order valence-electron chi connectivity index (χ0n) is 13.0. The van der Waals surface area contributed by atoms with E-state index in [0.29, 0.717) is 22.2 Å². The minimum absolute atomic E-state index is 0.495. The molecule has 0 saturated heterocycles.